The Morgan fingerprint density at radius 3 is 2.67 bits per heavy atom. The van der Waals surface area contributed by atoms with Crippen LogP contribution in [0.5, 0.6) is 5.75 Å². The molecule has 6 nitrogen and oxygen atoms in total. The van der Waals surface area contributed by atoms with E-state index in [9.17, 15) is 4.79 Å². The molecular formula is C22H32Cl2N4O2. The third-order valence-electron chi connectivity index (χ3n) is 5.05. The zero-order valence-electron chi connectivity index (χ0n) is 17.6. The fraction of sp³-hybridized carbons (Fsp3) is 0.455. The number of ether oxygens (including phenoxy) is 1. The van der Waals surface area contributed by atoms with Gasteiger partial charge in [-0.2, -0.15) is 0 Å². The quantitative estimate of drug-likeness (QED) is 0.582. The number of nitrogens with one attached hydrogen (secondary N) is 2. The molecule has 1 aromatic heterocycles. The molecule has 0 atom stereocenters. The number of aromatic nitrogens is 2. The van der Waals surface area contributed by atoms with Crippen LogP contribution in [0.4, 0.5) is 5.95 Å². The third-order valence-corrected chi connectivity index (χ3v) is 5.05. The fourth-order valence-electron chi connectivity index (χ4n) is 3.29. The number of piperidine rings is 1. The molecule has 2 heterocycles. The van der Waals surface area contributed by atoms with Gasteiger partial charge in [0.25, 0.3) is 5.56 Å². The van der Waals surface area contributed by atoms with Gasteiger partial charge in [0.05, 0.1) is 0 Å². The molecule has 3 rings (SSSR count). The van der Waals surface area contributed by atoms with Crippen molar-refractivity contribution in [2.45, 2.75) is 39.7 Å². The molecule has 0 aliphatic carbocycles. The van der Waals surface area contributed by atoms with E-state index in [1.165, 1.54) is 37.9 Å². The van der Waals surface area contributed by atoms with Crippen LogP contribution in [0.2, 0.25) is 0 Å². The average molecular weight is 455 g/mol. The van der Waals surface area contributed by atoms with Gasteiger partial charge in [0.1, 0.15) is 12.4 Å². The Kier molecular flexibility index (Phi) is 11.5. The first-order chi connectivity index (χ1) is 13.6. The van der Waals surface area contributed by atoms with Gasteiger partial charge < -0.3 is 10.1 Å². The van der Waals surface area contributed by atoms with Crippen LogP contribution in [0, 0.1) is 13.8 Å². The van der Waals surface area contributed by atoms with Crippen molar-refractivity contribution in [2.75, 3.05) is 31.6 Å². The lowest BCUT2D eigenvalue weighted by Crippen LogP contribution is -2.29. The summed E-state index contributed by atoms with van der Waals surface area (Å²) >= 11 is 0. The number of anilines is 1. The van der Waals surface area contributed by atoms with Gasteiger partial charge in [-0.1, -0.05) is 24.6 Å². The molecule has 166 valence electrons. The molecule has 1 aliphatic heterocycles. The van der Waals surface area contributed by atoms with Crippen molar-refractivity contribution in [1.29, 1.82) is 0 Å². The summed E-state index contributed by atoms with van der Waals surface area (Å²) in [7, 11) is 0. The molecule has 30 heavy (non-hydrogen) atoms. The Hall–Kier alpha value is -2.02. The molecule has 2 aromatic rings. The SMILES string of the molecule is Cc1nc(NC/C=C/COc2cccc(CN3CCCCC3)c2)[nH]c(=O)c1C.Cl.Cl. The maximum atomic E-state index is 11.7. The van der Waals surface area contributed by atoms with Crippen molar-refractivity contribution in [3.63, 3.8) is 0 Å². The topological polar surface area (TPSA) is 70.2 Å². The summed E-state index contributed by atoms with van der Waals surface area (Å²) in [5, 5.41) is 3.09. The van der Waals surface area contributed by atoms with Crippen molar-refractivity contribution in [2.24, 2.45) is 0 Å². The minimum Gasteiger partial charge on any atom is -0.490 e. The van der Waals surface area contributed by atoms with Crippen LogP contribution in [0.3, 0.4) is 0 Å². The van der Waals surface area contributed by atoms with Crippen molar-refractivity contribution < 1.29 is 4.74 Å². The van der Waals surface area contributed by atoms with E-state index in [1.807, 2.05) is 25.1 Å². The Labute approximate surface area is 191 Å². The maximum absolute atomic E-state index is 11.7. The predicted molar refractivity (Wildman–Crippen MR) is 128 cm³/mol. The van der Waals surface area contributed by atoms with Crippen LogP contribution in [0.1, 0.15) is 36.1 Å². The third kappa shape index (κ3) is 8.01. The number of hydrogen-bond donors (Lipinski definition) is 2. The number of rotatable bonds is 8. The molecule has 1 aliphatic rings. The number of benzene rings is 1. The number of aromatic amines is 1. The Morgan fingerprint density at radius 2 is 1.93 bits per heavy atom. The largest absolute Gasteiger partial charge is 0.490 e. The highest BCUT2D eigenvalue weighted by atomic mass is 35.5. The summed E-state index contributed by atoms with van der Waals surface area (Å²) in [6.45, 7) is 8.07. The Bertz CT molecular complexity index is 864. The zero-order chi connectivity index (χ0) is 19.8. The summed E-state index contributed by atoms with van der Waals surface area (Å²) < 4.78 is 5.84. The first kappa shape index (κ1) is 26.0. The van der Waals surface area contributed by atoms with Crippen LogP contribution in [0.25, 0.3) is 0 Å². The first-order valence-electron chi connectivity index (χ1n) is 10.0. The van der Waals surface area contributed by atoms with Crippen molar-refractivity contribution in [3.8, 4) is 5.75 Å². The lowest BCUT2D eigenvalue weighted by atomic mass is 10.1. The van der Waals surface area contributed by atoms with Gasteiger partial charge in [-0.15, -0.1) is 24.8 Å². The first-order valence-corrected chi connectivity index (χ1v) is 10.0. The molecular weight excluding hydrogens is 423 g/mol. The second kappa shape index (κ2) is 13.3. The minimum atomic E-state index is -0.105. The van der Waals surface area contributed by atoms with Crippen LogP contribution in [0.15, 0.2) is 41.2 Å². The summed E-state index contributed by atoms with van der Waals surface area (Å²) in [6.07, 6.45) is 7.90. The lowest BCUT2D eigenvalue weighted by Gasteiger charge is -2.26. The average Bonchev–Trinajstić information content (AvgIpc) is 2.70. The van der Waals surface area contributed by atoms with E-state index in [4.69, 9.17) is 4.74 Å². The lowest BCUT2D eigenvalue weighted by molar-refractivity contribution is 0.220. The Balaban J connectivity index is 0.00000225. The summed E-state index contributed by atoms with van der Waals surface area (Å²) in [5.41, 5.74) is 2.58. The molecule has 8 heteroatoms. The standard InChI is InChI=1S/C22H30N4O2.2ClH/c1-17-18(2)24-22(25-21(17)27)23-11-4-7-14-28-20-10-8-9-19(15-20)16-26-12-5-3-6-13-26;;/h4,7-10,15H,3,5-6,11-14,16H2,1-2H3,(H2,23,24,25,27);2*1H/b7-4+;;. The molecule has 0 spiro atoms. The number of hydrogen-bond acceptors (Lipinski definition) is 5. The van der Waals surface area contributed by atoms with Gasteiger partial charge in [0, 0.05) is 24.3 Å². The Morgan fingerprint density at radius 1 is 1.17 bits per heavy atom. The summed E-state index contributed by atoms with van der Waals surface area (Å²) in [6, 6.07) is 8.35. The van der Waals surface area contributed by atoms with Crippen LogP contribution in [-0.4, -0.2) is 41.1 Å². The minimum absolute atomic E-state index is 0. The van der Waals surface area contributed by atoms with Crippen LogP contribution in [-0.2, 0) is 6.54 Å². The maximum Gasteiger partial charge on any atom is 0.255 e. The highest BCUT2D eigenvalue weighted by molar-refractivity contribution is 5.85. The second-order valence-corrected chi connectivity index (χ2v) is 7.27. The molecule has 0 saturated carbocycles. The molecule has 1 fully saturated rings. The van der Waals surface area contributed by atoms with E-state index < -0.39 is 0 Å². The molecule has 0 bridgehead atoms. The van der Waals surface area contributed by atoms with Crippen molar-refractivity contribution in [1.82, 2.24) is 14.9 Å². The predicted octanol–water partition coefficient (Wildman–Crippen LogP) is 4.26. The molecule has 2 N–H and O–H groups in total. The number of likely N-dealkylation sites (tertiary alicyclic amines) is 1. The molecule has 1 saturated heterocycles. The fourth-order valence-corrected chi connectivity index (χ4v) is 3.29. The van der Waals surface area contributed by atoms with Crippen LogP contribution >= 0.6 is 24.8 Å². The van der Waals surface area contributed by atoms with Gasteiger partial charge in [-0.05, 0) is 63.6 Å². The normalized spacial score (nSPS) is 14.1. The summed E-state index contributed by atoms with van der Waals surface area (Å²) in [4.78, 5) is 21.3. The number of aryl methyl sites for hydroxylation is 1. The molecule has 0 unspecified atom stereocenters. The molecule has 0 radical (unpaired) electrons. The number of halogens is 2. The van der Waals surface area contributed by atoms with E-state index in [0.29, 0.717) is 24.7 Å². The van der Waals surface area contributed by atoms with Crippen molar-refractivity contribution in [3.05, 3.63) is 63.6 Å². The summed E-state index contributed by atoms with van der Waals surface area (Å²) in [5.74, 6) is 1.39. The van der Waals surface area contributed by atoms with E-state index in [-0.39, 0.29) is 30.4 Å². The van der Waals surface area contributed by atoms with E-state index in [0.717, 1.165) is 18.0 Å². The van der Waals surface area contributed by atoms with Gasteiger partial charge in [0.15, 0.2) is 0 Å². The van der Waals surface area contributed by atoms with Gasteiger partial charge in [-0.3, -0.25) is 14.7 Å². The van der Waals surface area contributed by atoms with Crippen molar-refractivity contribution >= 4 is 30.8 Å². The van der Waals surface area contributed by atoms with E-state index >= 15 is 0 Å². The monoisotopic (exact) mass is 454 g/mol. The smallest absolute Gasteiger partial charge is 0.255 e. The molecule has 1 aromatic carbocycles. The van der Waals surface area contributed by atoms with Gasteiger partial charge >= 0.3 is 0 Å². The molecule has 0 amide bonds. The number of nitrogens with zero attached hydrogens (tertiary/aromatic N) is 2. The highest BCUT2D eigenvalue weighted by Crippen LogP contribution is 2.17. The number of H-pyrrole nitrogens is 1. The van der Waals surface area contributed by atoms with Gasteiger partial charge in [0.2, 0.25) is 5.95 Å². The van der Waals surface area contributed by atoms with Gasteiger partial charge in [-0.25, -0.2) is 4.98 Å². The second-order valence-electron chi connectivity index (χ2n) is 7.27. The zero-order valence-corrected chi connectivity index (χ0v) is 19.3. The van der Waals surface area contributed by atoms with Crippen LogP contribution < -0.4 is 15.6 Å². The van der Waals surface area contributed by atoms with E-state index in [1.54, 1.807) is 6.92 Å². The highest BCUT2D eigenvalue weighted by Gasteiger charge is 2.10. The van der Waals surface area contributed by atoms with E-state index in [2.05, 4.69) is 38.4 Å².